The normalized spacial score (nSPS) is 23.9. The Morgan fingerprint density at radius 1 is 1.23 bits per heavy atom. The zero-order valence-electron chi connectivity index (χ0n) is 12.0. The minimum Gasteiger partial charge on any atom is -0.438 e. The highest BCUT2D eigenvalue weighted by Gasteiger charge is 2.32. The highest BCUT2D eigenvalue weighted by atomic mass is 32.2. The predicted molar refractivity (Wildman–Crippen MR) is 74.8 cm³/mol. The van der Waals surface area contributed by atoms with Gasteiger partial charge in [0.05, 0.1) is 19.3 Å². The van der Waals surface area contributed by atoms with Crippen molar-refractivity contribution in [1.82, 2.24) is 9.21 Å². The zero-order valence-corrected chi connectivity index (χ0v) is 12.8. The lowest BCUT2D eigenvalue weighted by Crippen LogP contribution is -2.40. The van der Waals surface area contributed by atoms with E-state index in [0.717, 1.165) is 0 Å². The van der Waals surface area contributed by atoms with E-state index in [0.29, 0.717) is 26.2 Å². The van der Waals surface area contributed by atoms with Crippen LogP contribution in [0.25, 0.3) is 0 Å². The first-order chi connectivity index (χ1) is 10.5. The van der Waals surface area contributed by atoms with Gasteiger partial charge in [-0.15, -0.1) is 0 Å². The van der Waals surface area contributed by atoms with Crippen LogP contribution >= 0.6 is 0 Å². The number of hydrogen-bond acceptors (Lipinski definition) is 6. The summed E-state index contributed by atoms with van der Waals surface area (Å²) in [5.41, 5.74) is 0. The summed E-state index contributed by atoms with van der Waals surface area (Å²) in [4.78, 5) is 13.7. The molecule has 122 valence electrons. The van der Waals surface area contributed by atoms with E-state index < -0.39 is 22.0 Å². The number of carbonyl (C=O) groups excluding carboxylic acids is 1. The number of β-amino-alcohol motifs (C(OH)–C–C–N with tert-alkyl or cyclic N) is 1. The van der Waals surface area contributed by atoms with E-state index >= 15 is 0 Å². The van der Waals surface area contributed by atoms with E-state index in [9.17, 15) is 18.3 Å². The van der Waals surface area contributed by atoms with Gasteiger partial charge in [0, 0.05) is 26.2 Å². The molecule has 3 heterocycles. The Bertz CT molecular complexity index is 649. The number of aliphatic hydroxyl groups is 1. The molecule has 0 radical (unpaired) electrons. The smallest absolute Gasteiger partial charge is 0.289 e. The van der Waals surface area contributed by atoms with Gasteiger partial charge >= 0.3 is 0 Å². The lowest BCUT2D eigenvalue weighted by atomic mass is 10.3. The molecule has 2 aliphatic rings. The van der Waals surface area contributed by atoms with Crippen LogP contribution in [0, 0.1) is 0 Å². The van der Waals surface area contributed by atoms with E-state index in [2.05, 4.69) is 0 Å². The predicted octanol–water partition coefficient (Wildman–Crippen LogP) is -0.493. The Hall–Kier alpha value is -1.42. The first-order valence-electron chi connectivity index (χ1n) is 7.13. The molecule has 0 aromatic carbocycles. The Kier molecular flexibility index (Phi) is 4.22. The largest absolute Gasteiger partial charge is 0.438 e. The second kappa shape index (κ2) is 5.99. The molecule has 3 rings (SSSR count). The average molecular weight is 330 g/mol. The van der Waals surface area contributed by atoms with Crippen molar-refractivity contribution in [3.63, 3.8) is 0 Å². The second-order valence-corrected chi connectivity index (χ2v) is 7.20. The second-order valence-electron chi connectivity index (χ2n) is 5.33. The van der Waals surface area contributed by atoms with Gasteiger partial charge in [0.25, 0.3) is 15.9 Å². The van der Waals surface area contributed by atoms with Crippen LogP contribution in [0.15, 0.2) is 21.6 Å². The maximum Gasteiger partial charge on any atom is 0.289 e. The van der Waals surface area contributed by atoms with Crippen molar-refractivity contribution in [2.75, 3.05) is 39.4 Å². The Morgan fingerprint density at radius 3 is 2.59 bits per heavy atom. The summed E-state index contributed by atoms with van der Waals surface area (Å²) < 4.78 is 36.5. The zero-order chi connectivity index (χ0) is 15.7. The van der Waals surface area contributed by atoms with Crippen LogP contribution in [0.5, 0.6) is 0 Å². The highest BCUT2D eigenvalue weighted by molar-refractivity contribution is 7.89. The number of ether oxygens (including phenoxy) is 1. The maximum atomic E-state index is 12.4. The first kappa shape index (κ1) is 15.5. The minimum absolute atomic E-state index is 0.0269. The van der Waals surface area contributed by atoms with E-state index in [1.54, 1.807) is 0 Å². The third kappa shape index (κ3) is 2.89. The molecule has 22 heavy (non-hydrogen) atoms. The van der Waals surface area contributed by atoms with Crippen molar-refractivity contribution >= 4 is 15.9 Å². The van der Waals surface area contributed by atoms with Gasteiger partial charge in [0.2, 0.25) is 5.09 Å². The standard InChI is InChI=1S/C13H18N2O6S/c16-10-3-4-14(9-10)13(17)11-1-2-12(21-11)22(18,19)15-5-7-20-8-6-15/h1-2,10,16H,3-9H2. The van der Waals surface area contributed by atoms with Gasteiger partial charge in [-0.3, -0.25) is 4.79 Å². The SMILES string of the molecule is O=C(c1ccc(S(=O)(=O)N2CCOCC2)o1)N1CCC(O)C1. The van der Waals surface area contributed by atoms with Gasteiger partial charge in [-0.1, -0.05) is 0 Å². The molecule has 1 aromatic rings. The molecular weight excluding hydrogens is 312 g/mol. The summed E-state index contributed by atoms with van der Waals surface area (Å²) in [5, 5.41) is 9.22. The van der Waals surface area contributed by atoms with E-state index in [1.165, 1.54) is 21.3 Å². The van der Waals surface area contributed by atoms with E-state index in [4.69, 9.17) is 9.15 Å². The fourth-order valence-corrected chi connectivity index (χ4v) is 3.89. The first-order valence-corrected chi connectivity index (χ1v) is 8.57. The topological polar surface area (TPSA) is 100 Å². The Balaban J connectivity index is 1.76. The van der Waals surface area contributed by atoms with Gasteiger partial charge in [-0.25, -0.2) is 8.42 Å². The summed E-state index contributed by atoms with van der Waals surface area (Å²) in [6.07, 6.45) is -0.0127. The summed E-state index contributed by atoms with van der Waals surface area (Å²) in [6.45, 7) is 1.90. The number of hydrogen-bond donors (Lipinski definition) is 1. The Morgan fingerprint density at radius 2 is 1.95 bits per heavy atom. The number of rotatable bonds is 3. The molecule has 1 N–H and O–H groups in total. The van der Waals surface area contributed by atoms with Crippen LogP contribution in [-0.2, 0) is 14.8 Å². The molecule has 1 amide bonds. The number of likely N-dealkylation sites (tertiary alicyclic amines) is 1. The molecular formula is C13H18N2O6S. The number of amides is 1. The van der Waals surface area contributed by atoms with Gasteiger partial charge in [0.1, 0.15) is 0 Å². The molecule has 2 fully saturated rings. The minimum atomic E-state index is -3.74. The van der Waals surface area contributed by atoms with Gasteiger partial charge in [0.15, 0.2) is 5.76 Å². The molecule has 0 saturated carbocycles. The van der Waals surface area contributed by atoms with Gasteiger partial charge < -0.3 is 19.2 Å². The van der Waals surface area contributed by atoms with Crippen molar-refractivity contribution in [2.45, 2.75) is 17.6 Å². The van der Waals surface area contributed by atoms with Crippen LogP contribution < -0.4 is 0 Å². The van der Waals surface area contributed by atoms with Crippen LogP contribution in [0.1, 0.15) is 17.0 Å². The Labute approximate surface area is 128 Å². The summed E-state index contributed by atoms with van der Waals surface area (Å²) in [6, 6.07) is 2.66. The van der Waals surface area contributed by atoms with Crippen molar-refractivity contribution < 1.29 is 27.5 Å². The van der Waals surface area contributed by atoms with Crippen molar-refractivity contribution in [1.29, 1.82) is 0 Å². The number of nitrogens with zero attached hydrogens (tertiary/aromatic N) is 2. The number of sulfonamides is 1. The van der Waals surface area contributed by atoms with Crippen molar-refractivity contribution in [3.05, 3.63) is 17.9 Å². The fraction of sp³-hybridized carbons (Fsp3) is 0.615. The van der Waals surface area contributed by atoms with Crippen LogP contribution in [-0.4, -0.2) is 74.1 Å². The number of aliphatic hydroxyl groups excluding tert-OH is 1. The van der Waals surface area contributed by atoms with Crippen molar-refractivity contribution in [3.8, 4) is 0 Å². The van der Waals surface area contributed by atoms with E-state index in [-0.39, 0.29) is 30.5 Å². The summed E-state index contributed by atoms with van der Waals surface area (Å²) in [5.74, 6) is -0.430. The molecule has 8 nitrogen and oxygen atoms in total. The van der Waals surface area contributed by atoms with Gasteiger partial charge in [-0.2, -0.15) is 4.31 Å². The molecule has 9 heteroatoms. The molecule has 1 unspecified atom stereocenters. The number of carbonyl (C=O) groups is 1. The molecule has 0 aliphatic carbocycles. The number of furan rings is 1. The lowest BCUT2D eigenvalue weighted by molar-refractivity contribution is 0.0707. The molecule has 1 aromatic heterocycles. The quantitative estimate of drug-likeness (QED) is 0.802. The van der Waals surface area contributed by atoms with Crippen molar-refractivity contribution in [2.24, 2.45) is 0 Å². The lowest BCUT2D eigenvalue weighted by Gasteiger charge is -2.24. The van der Waals surface area contributed by atoms with Crippen LogP contribution in [0.4, 0.5) is 0 Å². The van der Waals surface area contributed by atoms with Crippen LogP contribution in [0.2, 0.25) is 0 Å². The summed E-state index contributed by atoms with van der Waals surface area (Å²) >= 11 is 0. The third-order valence-electron chi connectivity index (χ3n) is 3.81. The number of morpholine rings is 1. The molecule has 0 bridgehead atoms. The maximum absolute atomic E-state index is 12.4. The molecule has 1 atom stereocenters. The highest BCUT2D eigenvalue weighted by Crippen LogP contribution is 2.22. The summed E-state index contributed by atoms with van der Waals surface area (Å²) in [7, 11) is -3.74. The monoisotopic (exact) mass is 330 g/mol. The van der Waals surface area contributed by atoms with Gasteiger partial charge in [-0.05, 0) is 18.6 Å². The third-order valence-corrected chi connectivity index (χ3v) is 5.58. The molecule has 0 spiro atoms. The van der Waals surface area contributed by atoms with E-state index in [1.807, 2.05) is 0 Å². The molecule has 2 saturated heterocycles. The average Bonchev–Trinajstić information content (AvgIpc) is 3.17. The fourth-order valence-electron chi connectivity index (χ4n) is 2.57. The molecule has 2 aliphatic heterocycles. The van der Waals surface area contributed by atoms with Crippen LogP contribution in [0.3, 0.4) is 0 Å².